The third kappa shape index (κ3) is 4.10. The van der Waals surface area contributed by atoms with Crippen LogP contribution in [0.15, 0.2) is 73.1 Å². The summed E-state index contributed by atoms with van der Waals surface area (Å²) in [6, 6.07) is 19.8. The third-order valence-electron chi connectivity index (χ3n) is 7.97. The molecule has 1 amide bonds. The molecular formula is C30H29ClFN5O. The highest BCUT2D eigenvalue weighted by atomic mass is 35.5. The van der Waals surface area contributed by atoms with Gasteiger partial charge in [-0.3, -0.25) is 4.79 Å². The molecule has 4 aromatic rings. The number of rotatable bonds is 7. The van der Waals surface area contributed by atoms with E-state index in [1.54, 1.807) is 59.0 Å². The van der Waals surface area contributed by atoms with Crippen molar-refractivity contribution in [2.24, 2.45) is 7.05 Å². The van der Waals surface area contributed by atoms with Gasteiger partial charge in [0.05, 0.1) is 6.54 Å². The summed E-state index contributed by atoms with van der Waals surface area (Å²) in [5.74, 6) is 0.0239. The van der Waals surface area contributed by atoms with Gasteiger partial charge in [-0.1, -0.05) is 54.1 Å². The lowest BCUT2D eigenvalue weighted by molar-refractivity contribution is 0.0996. The molecule has 3 aromatic carbocycles. The molecule has 1 N–H and O–H groups in total. The smallest absolute Gasteiger partial charge is 0.258 e. The number of aryl methyl sites for hydroxylation is 1. The molecular weight excluding hydrogens is 501 g/mol. The lowest BCUT2D eigenvalue weighted by Gasteiger charge is -2.39. The summed E-state index contributed by atoms with van der Waals surface area (Å²) >= 11 is 6.67. The van der Waals surface area contributed by atoms with Crippen molar-refractivity contribution < 1.29 is 9.18 Å². The monoisotopic (exact) mass is 529 g/mol. The van der Waals surface area contributed by atoms with Crippen molar-refractivity contribution in [1.82, 2.24) is 20.1 Å². The van der Waals surface area contributed by atoms with E-state index in [0.717, 1.165) is 24.0 Å². The van der Waals surface area contributed by atoms with E-state index in [4.69, 9.17) is 11.6 Å². The first-order valence-electron chi connectivity index (χ1n) is 12.9. The fraction of sp³-hybridized carbons (Fsp3) is 0.300. The van der Waals surface area contributed by atoms with Gasteiger partial charge in [-0.05, 0) is 56.0 Å². The Labute approximate surface area is 226 Å². The van der Waals surface area contributed by atoms with Gasteiger partial charge in [0.2, 0.25) is 5.67 Å². The van der Waals surface area contributed by atoms with E-state index in [2.05, 4.69) is 22.4 Å². The quantitative estimate of drug-likeness (QED) is 0.323. The van der Waals surface area contributed by atoms with E-state index in [0.29, 0.717) is 40.5 Å². The number of carbonyl (C=O) groups excluding carboxylic acids is 1. The summed E-state index contributed by atoms with van der Waals surface area (Å²) in [7, 11) is 1.72. The minimum Gasteiger partial charge on any atom is -0.317 e. The maximum Gasteiger partial charge on any atom is 0.258 e. The van der Waals surface area contributed by atoms with E-state index in [1.807, 2.05) is 24.3 Å². The highest BCUT2D eigenvalue weighted by molar-refractivity contribution is 6.32. The van der Waals surface area contributed by atoms with Gasteiger partial charge < -0.3 is 14.8 Å². The molecule has 38 heavy (non-hydrogen) atoms. The average Bonchev–Trinajstić information content (AvgIpc) is 3.50. The Kier molecular flexibility index (Phi) is 6.08. The lowest BCUT2D eigenvalue weighted by atomic mass is 9.78. The summed E-state index contributed by atoms with van der Waals surface area (Å²) in [6.45, 7) is 3.22. The van der Waals surface area contributed by atoms with Crippen molar-refractivity contribution in [2.45, 2.75) is 50.5 Å². The number of amides is 1. The van der Waals surface area contributed by atoms with Crippen molar-refractivity contribution in [3.63, 3.8) is 0 Å². The van der Waals surface area contributed by atoms with Crippen LogP contribution in [-0.4, -0.2) is 26.2 Å². The summed E-state index contributed by atoms with van der Waals surface area (Å²) < 4.78 is 18.8. The van der Waals surface area contributed by atoms with Crippen molar-refractivity contribution in [3.05, 3.63) is 112 Å². The van der Waals surface area contributed by atoms with E-state index in [-0.39, 0.29) is 17.3 Å². The van der Waals surface area contributed by atoms with Gasteiger partial charge in [0.15, 0.2) is 5.82 Å². The molecule has 0 saturated heterocycles. The predicted octanol–water partition coefficient (Wildman–Crippen LogP) is 5.92. The van der Waals surface area contributed by atoms with E-state index >= 15 is 4.39 Å². The summed E-state index contributed by atoms with van der Waals surface area (Å²) in [5.41, 5.74) is 1.87. The van der Waals surface area contributed by atoms with E-state index in [9.17, 15) is 4.79 Å². The maximum atomic E-state index is 17.2. The van der Waals surface area contributed by atoms with Gasteiger partial charge in [-0.15, -0.1) is 10.2 Å². The van der Waals surface area contributed by atoms with Crippen molar-refractivity contribution >= 4 is 23.2 Å². The van der Waals surface area contributed by atoms with Gasteiger partial charge in [0.25, 0.3) is 5.91 Å². The number of hydrogen-bond donors (Lipinski definition) is 1. The van der Waals surface area contributed by atoms with Gasteiger partial charge in [0, 0.05) is 52.1 Å². The minimum atomic E-state index is -2.06. The number of halogens is 2. The summed E-state index contributed by atoms with van der Waals surface area (Å²) in [4.78, 5) is 15.3. The number of aromatic nitrogens is 3. The number of anilines is 1. The van der Waals surface area contributed by atoms with Crippen LogP contribution in [0.2, 0.25) is 5.02 Å². The van der Waals surface area contributed by atoms with Crippen molar-refractivity contribution in [1.29, 1.82) is 0 Å². The molecule has 1 atom stereocenters. The molecule has 0 bridgehead atoms. The lowest BCUT2D eigenvalue weighted by Crippen LogP contribution is -2.47. The summed E-state index contributed by atoms with van der Waals surface area (Å²) in [5, 5.41) is 12.2. The molecule has 8 heteroatoms. The standard InChI is InChI=1S/C30H29ClFN5O/c1-29(12-7-13-29)33-17-20-14-24-25(26(31)15-20)18-37(27(24)38)23-11-6-10-22(16-23)30(32,21-8-4-3-5-9-21)28-35-34-19-36(28)2/h3-6,8-11,14-16,19,33H,7,12-13,17-18H2,1-2H3. The zero-order valence-corrected chi connectivity index (χ0v) is 22.2. The Morgan fingerprint density at radius 2 is 1.84 bits per heavy atom. The van der Waals surface area contributed by atoms with Crippen LogP contribution in [0, 0.1) is 0 Å². The average molecular weight is 530 g/mol. The van der Waals surface area contributed by atoms with Crippen LogP contribution in [0.25, 0.3) is 0 Å². The highest BCUT2D eigenvalue weighted by Crippen LogP contribution is 2.42. The van der Waals surface area contributed by atoms with Crippen LogP contribution in [0.5, 0.6) is 0 Å². The number of carbonyl (C=O) groups is 1. The Balaban J connectivity index is 1.34. The second-order valence-electron chi connectivity index (χ2n) is 10.6. The number of benzene rings is 3. The number of hydrogen-bond acceptors (Lipinski definition) is 4. The maximum absolute atomic E-state index is 17.2. The molecule has 6 nitrogen and oxygen atoms in total. The molecule has 0 radical (unpaired) electrons. The topological polar surface area (TPSA) is 63.1 Å². The Hall–Kier alpha value is -3.55. The Morgan fingerprint density at radius 1 is 1.08 bits per heavy atom. The van der Waals surface area contributed by atoms with Crippen LogP contribution in [-0.2, 0) is 25.8 Å². The van der Waals surface area contributed by atoms with Crippen LogP contribution in [0.3, 0.4) is 0 Å². The zero-order valence-electron chi connectivity index (χ0n) is 21.4. The highest BCUT2D eigenvalue weighted by Gasteiger charge is 2.42. The number of nitrogens with zero attached hydrogens (tertiary/aromatic N) is 4. The van der Waals surface area contributed by atoms with Gasteiger partial charge in [0.1, 0.15) is 6.33 Å². The fourth-order valence-electron chi connectivity index (χ4n) is 5.51. The molecule has 0 spiro atoms. The molecule has 1 saturated carbocycles. The molecule has 1 unspecified atom stereocenters. The van der Waals surface area contributed by atoms with Gasteiger partial charge in [-0.2, -0.15) is 0 Å². The Morgan fingerprint density at radius 3 is 2.53 bits per heavy atom. The van der Waals surface area contributed by atoms with E-state index in [1.165, 1.54) is 12.7 Å². The Bertz CT molecular complexity index is 1520. The molecule has 1 aliphatic carbocycles. The number of nitrogens with one attached hydrogen (secondary N) is 1. The first-order valence-corrected chi connectivity index (χ1v) is 13.2. The molecule has 2 aliphatic rings. The normalized spacial score (nSPS) is 17.7. The summed E-state index contributed by atoms with van der Waals surface area (Å²) in [6.07, 6.45) is 5.03. The van der Waals surface area contributed by atoms with E-state index < -0.39 is 5.67 Å². The molecule has 1 aromatic heterocycles. The molecule has 194 valence electrons. The predicted molar refractivity (Wildman–Crippen MR) is 146 cm³/mol. The molecule has 1 fully saturated rings. The van der Waals surface area contributed by atoms with Gasteiger partial charge >= 0.3 is 0 Å². The zero-order chi connectivity index (χ0) is 26.5. The van der Waals surface area contributed by atoms with Crippen molar-refractivity contribution in [2.75, 3.05) is 4.90 Å². The van der Waals surface area contributed by atoms with Crippen molar-refractivity contribution in [3.8, 4) is 0 Å². The number of alkyl halides is 1. The van der Waals surface area contributed by atoms with Gasteiger partial charge in [-0.25, -0.2) is 4.39 Å². The number of fused-ring (bicyclic) bond motifs is 1. The fourth-order valence-corrected chi connectivity index (χ4v) is 5.81. The van der Waals surface area contributed by atoms with Crippen LogP contribution < -0.4 is 10.2 Å². The second-order valence-corrected chi connectivity index (χ2v) is 11.0. The largest absolute Gasteiger partial charge is 0.317 e. The minimum absolute atomic E-state index is 0.140. The third-order valence-corrected chi connectivity index (χ3v) is 8.31. The second kappa shape index (κ2) is 9.33. The molecule has 1 aliphatic heterocycles. The molecule has 2 heterocycles. The van der Waals surface area contributed by atoms with Crippen LogP contribution in [0.4, 0.5) is 10.1 Å². The van der Waals surface area contributed by atoms with Crippen LogP contribution >= 0.6 is 11.6 Å². The SMILES string of the molecule is Cn1cnnc1C(F)(c1ccccc1)c1cccc(N2Cc3c(Cl)cc(CNC4(C)CCC4)cc3C2=O)c1. The first-order chi connectivity index (χ1) is 18.3. The van der Waals surface area contributed by atoms with Crippen LogP contribution in [0.1, 0.15) is 64.6 Å². The first kappa shape index (κ1) is 24.8. The molecule has 6 rings (SSSR count).